The largest absolute Gasteiger partial charge is 0.335 e. The lowest BCUT2D eigenvalue weighted by Crippen LogP contribution is -2.36. The van der Waals surface area contributed by atoms with Crippen molar-refractivity contribution < 1.29 is 31.6 Å². The predicted octanol–water partition coefficient (Wildman–Crippen LogP) is 2.18. The second-order valence-corrected chi connectivity index (χ2v) is 6.47. The van der Waals surface area contributed by atoms with Crippen LogP contribution in [-0.2, 0) is 22.9 Å². The molecule has 1 aromatic heterocycles. The number of nitrogens with zero attached hydrogens (tertiary/aromatic N) is 1. The van der Waals surface area contributed by atoms with E-state index in [1.807, 2.05) is 0 Å². The highest BCUT2D eigenvalue weighted by Gasteiger charge is 2.27. The van der Waals surface area contributed by atoms with Crippen molar-refractivity contribution in [1.82, 2.24) is 10.0 Å². The number of halogens is 3. The van der Waals surface area contributed by atoms with Crippen LogP contribution in [0.15, 0.2) is 35.3 Å². The van der Waals surface area contributed by atoms with Crippen molar-refractivity contribution in [2.75, 3.05) is 0 Å². The maximum atomic E-state index is 14.3. The zero-order valence-electron chi connectivity index (χ0n) is 14.9. The summed E-state index contributed by atoms with van der Waals surface area (Å²) in [6.07, 6.45) is 1.12. The minimum absolute atomic E-state index is 0.0359. The Kier molecular flexibility index (Phi) is 8.26. The number of aromatic nitrogens is 1. The standard InChI is InChI=1S/C17H17F3N2O3.O2S/c1-17(2,16(24)21-25)5-6-22-9-14(20)11(8-15(22)23)10-3-4-12(18)13(19)7-10;1-3-2/h3-4,7-9,25H,5-6H2,1-2H3,(H,21,24);. The molecular weight excluding hydrogens is 401 g/mol. The Balaban J connectivity index is 0.00000122. The van der Waals surface area contributed by atoms with Gasteiger partial charge in [0.2, 0.25) is 5.91 Å². The number of benzene rings is 1. The first-order valence-corrected chi connectivity index (χ1v) is 8.45. The summed E-state index contributed by atoms with van der Waals surface area (Å²) in [6, 6.07) is 3.83. The van der Waals surface area contributed by atoms with E-state index >= 15 is 0 Å². The molecule has 152 valence electrons. The first kappa shape index (κ1) is 23.2. The molecule has 0 saturated carbocycles. The van der Waals surface area contributed by atoms with Crippen molar-refractivity contribution in [1.29, 1.82) is 0 Å². The number of nitrogens with one attached hydrogen (secondary N) is 1. The molecule has 0 spiro atoms. The maximum Gasteiger partial charge on any atom is 0.335 e. The quantitative estimate of drug-likeness (QED) is 0.572. The molecule has 0 fully saturated rings. The third kappa shape index (κ3) is 5.86. The average Bonchev–Trinajstić information content (AvgIpc) is 2.64. The number of carbonyl (C=O) groups is 1. The van der Waals surface area contributed by atoms with Crippen LogP contribution >= 0.6 is 0 Å². The van der Waals surface area contributed by atoms with Gasteiger partial charge in [-0.3, -0.25) is 14.8 Å². The van der Waals surface area contributed by atoms with E-state index in [0.29, 0.717) is 0 Å². The number of hydrogen-bond acceptors (Lipinski definition) is 5. The zero-order chi connectivity index (χ0) is 21.5. The van der Waals surface area contributed by atoms with Crippen LogP contribution in [-0.4, -0.2) is 24.1 Å². The maximum absolute atomic E-state index is 14.3. The van der Waals surface area contributed by atoms with Crippen LogP contribution in [0.25, 0.3) is 11.1 Å². The minimum Gasteiger partial charge on any atom is -0.313 e. The Labute approximate surface area is 161 Å². The highest BCUT2D eigenvalue weighted by molar-refractivity contribution is 7.51. The lowest BCUT2D eigenvalue weighted by atomic mass is 9.88. The van der Waals surface area contributed by atoms with E-state index in [-0.39, 0.29) is 24.1 Å². The van der Waals surface area contributed by atoms with E-state index in [9.17, 15) is 22.8 Å². The second kappa shape index (κ2) is 9.95. The number of rotatable bonds is 5. The summed E-state index contributed by atoms with van der Waals surface area (Å²) in [6.45, 7) is 3.17. The van der Waals surface area contributed by atoms with Gasteiger partial charge in [0.15, 0.2) is 11.6 Å². The van der Waals surface area contributed by atoms with Crippen LogP contribution in [0.2, 0.25) is 0 Å². The van der Waals surface area contributed by atoms with E-state index in [2.05, 4.69) is 0 Å². The molecule has 28 heavy (non-hydrogen) atoms. The number of hydrogen-bond donors (Lipinski definition) is 2. The van der Waals surface area contributed by atoms with Crippen molar-refractivity contribution in [3.05, 3.63) is 58.3 Å². The number of aryl methyl sites for hydroxylation is 1. The van der Waals surface area contributed by atoms with Gasteiger partial charge in [-0.25, -0.2) is 18.7 Å². The number of hydroxylamine groups is 1. The first-order chi connectivity index (χ1) is 13.1. The van der Waals surface area contributed by atoms with Gasteiger partial charge in [0.05, 0.1) is 0 Å². The van der Waals surface area contributed by atoms with Crippen LogP contribution < -0.4 is 11.0 Å². The van der Waals surface area contributed by atoms with Gasteiger partial charge in [-0.1, -0.05) is 19.9 Å². The molecule has 1 aromatic carbocycles. The zero-order valence-corrected chi connectivity index (χ0v) is 15.7. The molecule has 2 aromatic rings. The van der Waals surface area contributed by atoms with Crippen LogP contribution in [0, 0.1) is 22.9 Å². The van der Waals surface area contributed by atoms with Crippen molar-refractivity contribution in [3.63, 3.8) is 0 Å². The van der Waals surface area contributed by atoms with Gasteiger partial charge in [-0.15, -0.1) is 0 Å². The van der Waals surface area contributed by atoms with Crippen LogP contribution in [0.3, 0.4) is 0 Å². The molecule has 0 aliphatic rings. The van der Waals surface area contributed by atoms with Gasteiger partial charge in [-0.2, -0.15) is 8.42 Å². The van der Waals surface area contributed by atoms with Gasteiger partial charge in [0.1, 0.15) is 5.82 Å². The topological polar surface area (TPSA) is 105 Å². The molecule has 0 bridgehead atoms. The summed E-state index contributed by atoms with van der Waals surface area (Å²) in [5, 5.41) is 8.69. The molecule has 7 nitrogen and oxygen atoms in total. The lowest BCUT2D eigenvalue weighted by Gasteiger charge is -2.22. The Morgan fingerprint density at radius 2 is 1.75 bits per heavy atom. The molecule has 0 atom stereocenters. The third-order valence-electron chi connectivity index (χ3n) is 4.00. The number of amides is 1. The summed E-state index contributed by atoms with van der Waals surface area (Å²) in [4.78, 5) is 23.7. The van der Waals surface area contributed by atoms with Crippen molar-refractivity contribution in [2.45, 2.75) is 26.8 Å². The normalized spacial score (nSPS) is 10.6. The molecule has 0 unspecified atom stereocenters. The monoisotopic (exact) mass is 418 g/mol. The average molecular weight is 418 g/mol. The second-order valence-electron chi connectivity index (χ2n) is 6.34. The van der Waals surface area contributed by atoms with Crippen LogP contribution in [0.1, 0.15) is 20.3 Å². The van der Waals surface area contributed by atoms with Gasteiger partial charge in [-0.05, 0) is 24.1 Å². The molecule has 0 aliphatic heterocycles. The fourth-order valence-corrected chi connectivity index (χ4v) is 2.27. The Hall–Kier alpha value is -2.79. The summed E-state index contributed by atoms with van der Waals surface area (Å²) >= 11 is -0.750. The minimum atomic E-state index is -1.14. The van der Waals surface area contributed by atoms with E-state index in [1.54, 1.807) is 19.3 Å². The van der Waals surface area contributed by atoms with E-state index < -0.39 is 45.9 Å². The smallest absolute Gasteiger partial charge is 0.313 e. The molecule has 2 N–H and O–H groups in total. The predicted molar refractivity (Wildman–Crippen MR) is 93.3 cm³/mol. The molecule has 2 rings (SSSR count). The molecule has 1 amide bonds. The van der Waals surface area contributed by atoms with E-state index in [0.717, 1.165) is 29.0 Å². The van der Waals surface area contributed by atoms with E-state index in [4.69, 9.17) is 13.6 Å². The highest BCUT2D eigenvalue weighted by Crippen LogP contribution is 2.24. The third-order valence-corrected chi connectivity index (χ3v) is 4.00. The van der Waals surface area contributed by atoms with Crippen LogP contribution in [0.4, 0.5) is 13.2 Å². The molecule has 0 aliphatic carbocycles. The molecule has 0 saturated heterocycles. The summed E-state index contributed by atoms with van der Waals surface area (Å²) < 4.78 is 58.2. The Morgan fingerprint density at radius 3 is 2.29 bits per heavy atom. The van der Waals surface area contributed by atoms with Crippen LogP contribution in [0.5, 0.6) is 0 Å². The van der Waals surface area contributed by atoms with Crippen molar-refractivity contribution in [2.24, 2.45) is 5.41 Å². The molecule has 0 radical (unpaired) electrons. The molecule has 11 heteroatoms. The summed E-state index contributed by atoms with van der Waals surface area (Å²) in [5.74, 6) is -3.62. The fourth-order valence-electron chi connectivity index (χ4n) is 2.27. The fraction of sp³-hybridized carbons (Fsp3) is 0.294. The summed E-state index contributed by atoms with van der Waals surface area (Å²) in [5.41, 5.74) is -0.0853. The summed E-state index contributed by atoms with van der Waals surface area (Å²) in [7, 11) is 0. The van der Waals surface area contributed by atoms with Gasteiger partial charge >= 0.3 is 11.6 Å². The van der Waals surface area contributed by atoms with Crippen molar-refractivity contribution >= 4 is 17.5 Å². The first-order valence-electron chi connectivity index (χ1n) is 7.79. The van der Waals surface area contributed by atoms with E-state index in [1.165, 1.54) is 6.07 Å². The van der Waals surface area contributed by atoms with Gasteiger partial charge in [0, 0.05) is 29.8 Å². The van der Waals surface area contributed by atoms with Gasteiger partial charge in [0.25, 0.3) is 5.56 Å². The number of pyridine rings is 1. The van der Waals surface area contributed by atoms with Gasteiger partial charge < -0.3 is 4.57 Å². The molecule has 1 heterocycles. The number of carbonyl (C=O) groups excluding carboxylic acids is 1. The molecular formula is C17H17F3N2O5S. The van der Waals surface area contributed by atoms with Crippen molar-refractivity contribution in [3.8, 4) is 11.1 Å². The Bertz CT molecular complexity index is 956. The highest BCUT2D eigenvalue weighted by atomic mass is 32.1. The SMILES string of the molecule is CC(C)(CCn1cc(F)c(-c2ccc(F)c(F)c2)cc1=O)C(=O)NO.O=S=O. The Morgan fingerprint density at radius 1 is 1.14 bits per heavy atom. The lowest BCUT2D eigenvalue weighted by molar-refractivity contribution is -0.138.